The first-order chi connectivity index (χ1) is 13.4. The molecule has 0 radical (unpaired) electrons. The zero-order valence-electron chi connectivity index (χ0n) is 15.2. The fourth-order valence-electron chi connectivity index (χ4n) is 3.23. The van der Waals surface area contributed by atoms with Crippen LogP contribution in [-0.2, 0) is 20.9 Å². The van der Waals surface area contributed by atoms with Crippen LogP contribution in [0.25, 0.3) is 0 Å². The Hall–Kier alpha value is -3.42. The molecule has 8 heteroatoms. The molecule has 2 aromatic rings. The molecule has 3 rings (SSSR count). The molecule has 146 valence electrons. The fraction of sp³-hybridized carbons (Fsp3) is 0.250. The molecule has 2 aromatic carbocycles. The molecule has 2 amide bonds. The Balaban J connectivity index is 1.98. The molecule has 0 bridgehead atoms. The van der Waals surface area contributed by atoms with Gasteiger partial charge in [0.1, 0.15) is 30.7 Å². The van der Waals surface area contributed by atoms with Gasteiger partial charge in [-0.3, -0.25) is 14.4 Å². The average Bonchev–Trinajstić information content (AvgIpc) is 2.65. The van der Waals surface area contributed by atoms with Crippen molar-refractivity contribution in [2.24, 2.45) is 0 Å². The summed E-state index contributed by atoms with van der Waals surface area (Å²) in [6.45, 7) is -0.839. The maximum atomic E-state index is 13.8. The van der Waals surface area contributed by atoms with Crippen molar-refractivity contribution < 1.29 is 28.6 Å². The van der Waals surface area contributed by atoms with E-state index in [0.717, 1.165) is 10.5 Å². The van der Waals surface area contributed by atoms with Gasteiger partial charge >= 0.3 is 5.97 Å². The van der Waals surface area contributed by atoms with E-state index in [1.54, 1.807) is 30.3 Å². The quantitative estimate of drug-likeness (QED) is 0.819. The highest BCUT2D eigenvalue weighted by atomic mass is 19.1. The van der Waals surface area contributed by atoms with Crippen LogP contribution in [0.4, 0.5) is 4.39 Å². The highest BCUT2D eigenvalue weighted by Crippen LogP contribution is 2.30. The number of carboxylic acids is 1. The summed E-state index contributed by atoms with van der Waals surface area (Å²) in [4.78, 5) is 39.1. The van der Waals surface area contributed by atoms with Gasteiger partial charge in [0.25, 0.3) is 5.91 Å². The molecule has 7 nitrogen and oxygen atoms in total. The number of amides is 2. The van der Waals surface area contributed by atoms with Gasteiger partial charge in [0.2, 0.25) is 5.91 Å². The summed E-state index contributed by atoms with van der Waals surface area (Å²) in [7, 11) is 1.52. The minimum atomic E-state index is -1.22. The molecule has 0 aliphatic carbocycles. The standard InChI is InChI=1S/C20H19FN2O5/c1-28-16-7-2-4-13(8-16)10-23-17(24)11-22(12-18(25)26)20(27)19(23)14-5-3-6-15(21)9-14/h2-9,19H,10-12H2,1H3,(H,25,26). The van der Waals surface area contributed by atoms with Gasteiger partial charge in [-0.2, -0.15) is 0 Å². The van der Waals surface area contributed by atoms with Gasteiger partial charge in [0.15, 0.2) is 0 Å². The van der Waals surface area contributed by atoms with E-state index in [1.165, 1.54) is 30.2 Å². The third-order valence-electron chi connectivity index (χ3n) is 4.48. The molecule has 1 atom stereocenters. The minimum Gasteiger partial charge on any atom is -0.497 e. The van der Waals surface area contributed by atoms with E-state index >= 15 is 0 Å². The molecule has 1 aliphatic heterocycles. The SMILES string of the molecule is COc1cccc(CN2C(=O)CN(CC(=O)O)C(=O)C2c2cccc(F)c2)c1. The van der Waals surface area contributed by atoms with Gasteiger partial charge in [0, 0.05) is 6.54 Å². The number of piperazine rings is 1. The summed E-state index contributed by atoms with van der Waals surface area (Å²) < 4.78 is 19.0. The third kappa shape index (κ3) is 4.11. The predicted octanol–water partition coefficient (Wildman–Crippen LogP) is 1.83. The highest BCUT2D eigenvalue weighted by Gasteiger charge is 2.41. The molecule has 28 heavy (non-hydrogen) atoms. The number of nitrogens with zero attached hydrogens (tertiary/aromatic N) is 2. The van der Waals surface area contributed by atoms with Crippen LogP contribution in [0.3, 0.4) is 0 Å². The Morgan fingerprint density at radius 3 is 2.64 bits per heavy atom. The predicted molar refractivity (Wildman–Crippen MR) is 96.9 cm³/mol. The van der Waals surface area contributed by atoms with Crippen molar-refractivity contribution >= 4 is 17.8 Å². The van der Waals surface area contributed by atoms with Crippen LogP contribution in [0.1, 0.15) is 17.2 Å². The van der Waals surface area contributed by atoms with Gasteiger partial charge in [-0.15, -0.1) is 0 Å². The fourth-order valence-corrected chi connectivity index (χ4v) is 3.23. The molecule has 1 heterocycles. The monoisotopic (exact) mass is 386 g/mol. The van der Waals surface area contributed by atoms with Crippen molar-refractivity contribution in [3.63, 3.8) is 0 Å². The topological polar surface area (TPSA) is 87.2 Å². The van der Waals surface area contributed by atoms with Crippen LogP contribution in [0, 0.1) is 5.82 Å². The number of carbonyl (C=O) groups excluding carboxylic acids is 2. The first-order valence-corrected chi connectivity index (χ1v) is 8.57. The number of ether oxygens (including phenoxy) is 1. The van der Waals surface area contributed by atoms with E-state index < -0.39 is 36.2 Å². The molecule has 0 saturated carbocycles. The number of methoxy groups -OCH3 is 1. The van der Waals surface area contributed by atoms with Crippen LogP contribution in [0.15, 0.2) is 48.5 Å². The summed E-state index contributed by atoms with van der Waals surface area (Å²) in [5.74, 6) is -2.15. The summed E-state index contributed by atoms with van der Waals surface area (Å²) >= 11 is 0. The van der Waals surface area contributed by atoms with E-state index in [-0.39, 0.29) is 18.7 Å². The molecule has 1 unspecified atom stereocenters. The zero-order valence-corrected chi connectivity index (χ0v) is 15.2. The second-order valence-electron chi connectivity index (χ2n) is 6.42. The molecule has 1 N–H and O–H groups in total. The van der Waals surface area contributed by atoms with Gasteiger partial charge in [0.05, 0.1) is 7.11 Å². The lowest BCUT2D eigenvalue weighted by Gasteiger charge is -2.40. The lowest BCUT2D eigenvalue weighted by Crippen LogP contribution is -2.56. The number of carboxylic acid groups (broad SMARTS) is 1. The Kier molecular flexibility index (Phi) is 5.58. The lowest BCUT2D eigenvalue weighted by atomic mass is 9.99. The van der Waals surface area contributed by atoms with E-state index in [9.17, 15) is 18.8 Å². The van der Waals surface area contributed by atoms with Gasteiger partial charge in [-0.25, -0.2) is 4.39 Å². The van der Waals surface area contributed by atoms with Crippen molar-refractivity contribution in [3.8, 4) is 5.75 Å². The number of benzene rings is 2. The molecule has 0 spiro atoms. The summed E-state index contributed by atoms with van der Waals surface area (Å²) in [6.07, 6.45) is 0. The van der Waals surface area contributed by atoms with Crippen molar-refractivity contribution in [2.45, 2.75) is 12.6 Å². The molecule has 1 aliphatic rings. The molecule has 0 aromatic heterocycles. The van der Waals surface area contributed by atoms with E-state index in [2.05, 4.69) is 0 Å². The maximum absolute atomic E-state index is 13.8. The average molecular weight is 386 g/mol. The minimum absolute atomic E-state index is 0.101. The van der Waals surface area contributed by atoms with Crippen molar-refractivity contribution in [1.82, 2.24) is 9.80 Å². The zero-order chi connectivity index (χ0) is 20.3. The van der Waals surface area contributed by atoms with Gasteiger partial charge in [-0.1, -0.05) is 24.3 Å². The van der Waals surface area contributed by atoms with E-state index in [4.69, 9.17) is 9.84 Å². The number of rotatable bonds is 6. The van der Waals surface area contributed by atoms with Crippen LogP contribution in [-0.4, -0.2) is 52.9 Å². The molecule has 1 fully saturated rings. The number of carbonyl (C=O) groups is 3. The molecular weight excluding hydrogens is 367 g/mol. The summed E-state index contributed by atoms with van der Waals surface area (Å²) in [5, 5.41) is 9.04. The highest BCUT2D eigenvalue weighted by molar-refractivity contribution is 5.97. The van der Waals surface area contributed by atoms with E-state index in [0.29, 0.717) is 5.75 Å². The van der Waals surface area contributed by atoms with Crippen molar-refractivity contribution in [1.29, 1.82) is 0 Å². The first kappa shape index (κ1) is 19.3. The van der Waals surface area contributed by atoms with Crippen molar-refractivity contribution in [2.75, 3.05) is 20.2 Å². The molecule has 1 saturated heterocycles. The van der Waals surface area contributed by atoms with Gasteiger partial charge < -0.3 is 19.6 Å². The largest absolute Gasteiger partial charge is 0.497 e. The first-order valence-electron chi connectivity index (χ1n) is 8.57. The number of halogens is 1. The lowest BCUT2D eigenvalue weighted by molar-refractivity contribution is -0.160. The van der Waals surface area contributed by atoms with Gasteiger partial charge in [-0.05, 0) is 35.4 Å². The van der Waals surface area contributed by atoms with Crippen LogP contribution >= 0.6 is 0 Å². The Labute approximate surface area is 160 Å². The Morgan fingerprint density at radius 1 is 1.21 bits per heavy atom. The maximum Gasteiger partial charge on any atom is 0.323 e. The smallest absolute Gasteiger partial charge is 0.323 e. The second kappa shape index (κ2) is 8.08. The van der Waals surface area contributed by atoms with Crippen LogP contribution in [0.2, 0.25) is 0 Å². The van der Waals surface area contributed by atoms with Crippen molar-refractivity contribution in [3.05, 3.63) is 65.5 Å². The summed E-state index contributed by atoms with van der Waals surface area (Å²) in [6, 6.07) is 11.3. The molecular formula is C20H19FN2O5. The van der Waals surface area contributed by atoms with Crippen LogP contribution in [0.5, 0.6) is 5.75 Å². The summed E-state index contributed by atoms with van der Waals surface area (Å²) in [5.41, 5.74) is 1.02. The Morgan fingerprint density at radius 2 is 1.96 bits per heavy atom. The number of aliphatic carboxylic acids is 1. The second-order valence-corrected chi connectivity index (χ2v) is 6.42. The Bertz CT molecular complexity index is 917. The third-order valence-corrected chi connectivity index (χ3v) is 4.48. The normalized spacial score (nSPS) is 17.0. The van der Waals surface area contributed by atoms with Crippen LogP contribution < -0.4 is 4.74 Å². The number of hydrogen-bond acceptors (Lipinski definition) is 4. The van der Waals surface area contributed by atoms with E-state index in [1.807, 2.05) is 0 Å². The number of hydrogen-bond donors (Lipinski definition) is 1.